The Morgan fingerprint density at radius 2 is 1.67 bits per heavy atom. The molecule has 6 heteroatoms. The molecule has 3 nitrogen and oxygen atoms in total. The van der Waals surface area contributed by atoms with E-state index in [0.717, 1.165) is 18.2 Å². The molecular formula is C9H14F3NO2. The van der Waals surface area contributed by atoms with Gasteiger partial charge in [-0.15, -0.1) is 0 Å². The van der Waals surface area contributed by atoms with E-state index in [2.05, 4.69) is 0 Å². The largest absolute Gasteiger partial charge is 0.480 e. The van der Waals surface area contributed by atoms with Crippen LogP contribution in [0.25, 0.3) is 0 Å². The lowest BCUT2D eigenvalue weighted by atomic mass is 9.96. The molecule has 1 rings (SSSR count). The Morgan fingerprint density at radius 3 is 2.00 bits per heavy atom. The Balaban J connectivity index is 2.94. The molecule has 15 heavy (non-hydrogen) atoms. The zero-order valence-corrected chi connectivity index (χ0v) is 8.47. The number of carbonyl (C=O) groups is 1. The summed E-state index contributed by atoms with van der Waals surface area (Å²) in [5.41, 5.74) is -2.74. The maximum atomic E-state index is 12.7. The molecule has 1 fully saturated rings. The van der Waals surface area contributed by atoms with Crippen molar-refractivity contribution in [3.63, 3.8) is 0 Å². The van der Waals surface area contributed by atoms with Gasteiger partial charge in [-0.2, -0.15) is 13.2 Å². The highest BCUT2D eigenvalue weighted by Crippen LogP contribution is 2.37. The quantitative estimate of drug-likeness (QED) is 0.780. The molecule has 1 heterocycles. The molecular weight excluding hydrogens is 211 g/mol. The van der Waals surface area contributed by atoms with Crippen molar-refractivity contribution in [1.29, 1.82) is 0 Å². The molecule has 1 unspecified atom stereocenters. The molecule has 0 aromatic rings. The van der Waals surface area contributed by atoms with Gasteiger partial charge in [0.1, 0.15) is 0 Å². The van der Waals surface area contributed by atoms with E-state index in [9.17, 15) is 18.0 Å². The summed E-state index contributed by atoms with van der Waals surface area (Å²) in [7, 11) is 0. The molecule has 0 aromatic carbocycles. The number of aliphatic carboxylic acids is 1. The normalized spacial score (nSPS) is 23.5. The first kappa shape index (κ1) is 12.3. The Hall–Kier alpha value is -0.780. The van der Waals surface area contributed by atoms with Crippen molar-refractivity contribution >= 4 is 5.97 Å². The molecule has 0 radical (unpaired) electrons. The maximum absolute atomic E-state index is 12.7. The van der Waals surface area contributed by atoms with Gasteiger partial charge in [-0.25, -0.2) is 4.79 Å². The monoisotopic (exact) mass is 225 g/mol. The average molecular weight is 225 g/mol. The number of alkyl halides is 3. The zero-order chi connectivity index (χ0) is 11.7. The minimum absolute atomic E-state index is 0.197. The van der Waals surface area contributed by atoms with Crippen molar-refractivity contribution in [2.75, 3.05) is 13.1 Å². The van der Waals surface area contributed by atoms with Crippen LogP contribution in [0.3, 0.4) is 0 Å². The summed E-state index contributed by atoms with van der Waals surface area (Å²) >= 11 is 0. The van der Waals surface area contributed by atoms with Crippen LogP contribution < -0.4 is 0 Å². The molecule has 0 amide bonds. The number of likely N-dealkylation sites (tertiary alicyclic amines) is 1. The van der Waals surface area contributed by atoms with Gasteiger partial charge in [0, 0.05) is 0 Å². The van der Waals surface area contributed by atoms with Crippen molar-refractivity contribution in [3.05, 3.63) is 0 Å². The smallest absolute Gasteiger partial charge is 0.417 e. The number of carboxylic acids is 1. The van der Waals surface area contributed by atoms with Crippen molar-refractivity contribution < 1.29 is 23.1 Å². The van der Waals surface area contributed by atoms with Gasteiger partial charge in [-0.1, -0.05) is 6.42 Å². The first-order valence-electron chi connectivity index (χ1n) is 4.85. The number of piperidine rings is 1. The maximum Gasteiger partial charge on any atom is 0.417 e. The van der Waals surface area contributed by atoms with Crippen molar-refractivity contribution in [1.82, 2.24) is 4.90 Å². The number of nitrogens with zero attached hydrogens (tertiary/aromatic N) is 1. The predicted molar refractivity (Wildman–Crippen MR) is 47.5 cm³/mol. The van der Waals surface area contributed by atoms with Gasteiger partial charge in [-0.3, -0.25) is 4.90 Å². The highest BCUT2D eigenvalue weighted by Gasteiger charge is 2.60. The van der Waals surface area contributed by atoms with Crippen LogP contribution in [0, 0.1) is 0 Å². The SMILES string of the molecule is CC(C(=O)O)(N1CCCCC1)C(F)(F)F. The third-order valence-corrected chi connectivity index (χ3v) is 2.96. The topological polar surface area (TPSA) is 40.5 Å². The predicted octanol–water partition coefficient (Wildman–Crippen LogP) is 1.88. The van der Waals surface area contributed by atoms with Gasteiger partial charge in [0.25, 0.3) is 0 Å². The Kier molecular flexibility index (Phi) is 3.28. The summed E-state index contributed by atoms with van der Waals surface area (Å²) in [5, 5.41) is 8.76. The van der Waals surface area contributed by atoms with Gasteiger partial charge >= 0.3 is 12.1 Å². The molecule has 0 saturated carbocycles. The van der Waals surface area contributed by atoms with Crippen LogP contribution in [0.1, 0.15) is 26.2 Å². The molecule has 1 aliphatic heterocycles. The number of hydrogen-bond donors (Lipinski definition) is 1. The van der Waals surface area contributed by atoms with Gasteiger partial charge in [-0.05, 0) is 32.9 Å². The summed E-state index contributed by atoms with van der Waals surface area (Å²) in [6.45, 7) is 1.13. The second-order valence-electron chi connectivity index (χ2n) is 3.92. The minimum atomic E-state index is -4.74. The Labute approximate surface area is 85.9 Å². The molecule has 1 saturated heterocycles. The summed E-state index contributed by atoms with van der Waals surface area (Å²) in [6, 6.07) is 0. The number of rotatable bonds is 2. The fourth-order valence-corrected chi connectivity index (χ4v) is 1.78. The fourth-order valence-electron chi connectivity index (χ4n) is 1.78. The van der Waals surface area contributed by atoms with Gasteiger partial charge in [0.05, 0.1) is 0 Å². The van der Waals surface area contributed by atoms with Crippen LogP contribution in [0.5, 0.6) is 0 Å². The summed E-state index contributed by atoms with van der Waals surface area (Å²) in [4.78, 5) is 11.8. The summed E-state index contributed by atoms with van der Waals surface area (Å²) < 4.78 is 38.2. The molecule has 1 aliphatic rings. The van der Waals surface area contributed by atoms with Crippen LogP contribution in [0.2, 0.25) is 0 Å². The number of hydrogen-bond acceptors (Lipinski definition) is 2. The standard InChI is InChI=1S/C9H14F3NO2/c1-8(7(14)15,9(10,11)12)13-5-3-2-4-6-13/h2-6H2,1H3,(H,14,15). The molecule has 0 bridgehead atoms. The molecule has 1 atom stereocenters. The van der Waals surface area contributed by atoms with Crippen LogP contribution >= 0.6 is 0 Å². The number of halogens is 3. The molecule has 0 spiro atoms. The van der Waals surface area contributed by atoms with E-state index in [0.29, 0.717) is 12.8 Å². The molecule has 1 N–H and O–H groups in total. The second kappa shape index (κ2) is 4.00. The third-order valence-electron chi connectivity index (χ3n) is 2.96. The van der Waals surface area contributed by atoms with Crippen LogP contribution in [0.15, 0.2) is 0 Å². The Morgan fingerprint density at radius 1 is 1.20 bits per heavy atom. The van der Waals surface area contributed by atoms with Crippen LogP contribution in [-0.2, 0) is 4.79 Å². The van der Waals surface area contributed by atoms with E-state index in [1.54, 1.807) is 0 Å². The minimum Gasteiger partial charge on any atom is -0.480 e. The van der Waals surface area contributed by atoms with E-state index in [4.69, 9.17) is 5.11 Å². The lowest BCUT2D eigenvalue weighted by Gasteiger charge is -2.40. The van der Waals surface area contributed by atoms with E-state index in [1.165, 1.54) is 0 Å². The van der Waals surface area contributed by atoms with E-state index in [1.807, 2.05) is 0 Å². The number of carboxylic acid groups (broad SMARTS) is 1. The van der Waals surface area contributed by atoms with E-state index in [-0.39, 0.29) is 13.1 Å². The lowest BCUT2D eigenvalue weighted by molar-refractivity contribution is -0.234. The van der Waals surface area contributed by atoms with Gasteiger partial charge in [0.2, 0.25) is 5.54 Å². The average Bonchev–Trinajstić information content (AvgIpc) is 2.16. The lowest BCUT2D eigenvalue weighted by Crippen LogP contribution is -2.63. The first-order valence-corrected chi connectivity index (χ1v) is 4.85. The van der Waals surface area contributed by atoms with Crippen molar-refractivity contribution in [3.8, 4) is 0 Å². The van der Waals surface area contributed by atoms with E-state index >= 15 is 0 Å². The second-order valence-corrected chi connectivity index (χ2v) is 3.92. The third kappa shape index (κ3) is 2.09. The molecule has 88 valence electrons. The zero-order valence-electron chi connectivity index (χ0n) is 8.47. The van der Waals surface area contributed by atoms with E-state index < -0.39 is 17.7 Å². The van der Waals surface area contributed by atoms with Crippen molar-refractivity contribution in [2.45, 2.75) is 37.9 Å². The summed E-state index contributed by atoms with van der Waals surface area (Å²) in [6.07, 6.45) is -2.63. The van der Waals surface area contributed by atoms with Gasteiger partial charge in [0.15, 0.2) is 0 Å². The summed E-state index contributed by atoms with van der Waals surface area (Å²) in [5.74, 6) is -1.82. The molecule has 0 aromatic heterocycles. The first-order chi connectivity index (χ1) is 6.80. The van der Waals surface area contributed by atoms with Gasteiger partial charge < -0.3 is 5.11 Å². The van der Waals surface area contributed by atoms with Crippen LogP contribution in [0.4, 0.5) is 13.2 Å². The highest BCUT2D eigenvalue weighted by molar-refractivity contribution is 5.79. The Bertz CT molecular complexity index is 248. The fraction of sp³-hybridized carbons (Fsp3) is 0.889. The van der Waals surface area contributed by atoms with Crippen LogP contribution in [-0.4, -0.2) is 40.8 Å². The molecule has 0 aliphatic carbocycles. The van der Waals surface area contributed by atoms with Crippen molar-refractivity contribution in [2.24, 2.45) is 0 Å². The highest BCUT2D eigenvalue weighted by atomic mass is 19.4.